The molecule has 2 heterocycles. The summed E-state index contributed by atoms with van der Waals surface area (Å²) in [6.07, 6.45) is 1.94. The number of ether oxygens (including phenoxy) is 2. The van der Waals surface area contributed by atoms with Crippen LogP contribution < -0.4 is 5.32 Å². The molecule has 2 atom stereocenters. The summed E-state index contributed by atoms with van der Waals surface area (Å²) in [6, 6.07) is 0.248. The molecule has 0 aliphatic carbocycles. The van der Waals surface area contributed by atoms with Gasteiger partial charge < -0.3 is 14.8 Å². The number of hydrogen-bond acceptors (Lipinski definition) is 4. The molecule has 1 aliphatic rings. The summed E-state index contributed by atoms with van der Waals surface area (Å²) in [6.45, 7) is 10.2. The van der Waals surface area contributed by atoms with E-state index in [0.717, 1.165) is 36.1 Å². The normalized spacial score (nSPS) is 20.7. The molecule has 1 N–H and O–H groups in total. The van der Waals surface area contributed by atoms with Crippen molar-refractivity contribution in [3.05, 3.63) is 15.9 Å². The number of halogens is 1. The molecular weight excluding hydrogens is 334 g/mol. The third kappa shape index (κ3) is 4.06. The smallest absolute Gasteiger partial charge is 0.0965 e. The van der Waals surface area contributed by atoms with Gasteiger partial charge in [-0.25, -0.2) is 0 Å². The number of likely N-dealkylation sites (N-methyl/N-ethyl adjacent to an activating group) is 1. The van der Waals surface area contributed by atoms with Crippen LogP contribution in [-0.2, 0) is 28.9 Å². The highest BCUT2D eigenvalue weighted by atomic mass is 79.9. The van der Waals surface area contributed by atoms with Gasteiger partial charge in [0.25, 0.3) is 0 Å². The zero-order valence-electron chi connectivity index (χ0n) is 13.2. The van der Waals surface area contributed by atoms with Crippen molar-refractivity contribution in [3.63, 3.8) is 0 Å². The first-order chi connectivity index (χ1) is 10.2. The first kappa shape index (κ1) is 16.9. The van der Waals surface area contributed by atoms with Crippen LogP contribution in [0.5, 0.6) is 0 Å². The molecule has 0 radical (unpaired) electrons. The number of aryl methyl sites for hydroxylation is 2. The number of nitrogens with one attached hydrogen (secondary N) is 1. The molecule has 21 heavy (non-hydrogen) atoms. The van der Waals surface area contributed by atoms with E-state index in [9.17, 15) is 0 Å². The van der Waals surface area contributed by atoms with E-state index >= 15 is 0 Å². The molecule has 120 valence electrons. The first-order valence-electron chi connectivity index (χ1n) is 7.87. The molecule has 0 bridgehead atoms. The van der Waals surface area contributed by atoms with Crippen molar-refractivity contribution in [2.75, 3.05) is 26.4 Å². The van der Waals surface area contributed by atoms with E-state index in [0.29, 0.717) is 19.8 Å². The van der Waals surface area contributed by atoms with Gasteiger partial charge in [-0.2, -0.15) is 5.10 Å². The minimum absolute atomic E-state index is 0.107. The lowest BCUT2D eigenvalue weighted by Crippen LogP contribution is -2.48. The second-order valence-electron chi connectivity index (χ2n) is 5.23. The second kappa shape index (κ2) is 8.27. The summed E-state index contributed by atoms with van der Waals surface area (Å²) in [5.41, 5.74) is 2.37. The molecule has 1 aliphatic heterocycles. The predicted molar refractivity (Wildman–Crippen MR) is 86.7 cm³/mol. The minimum Gasteiger partial charge on any atom is -0.376 e. The SMILES string of the molecule is CCNC(Cc1c(Br)c(CC)nn1CC)C1COCCO1. The molecule has 6 heteroatoms. The maximum atomic E-state index is 5.88. The number of hydrogen-bond donors (Lipinski definition) is 1. The van der Waals surface area contributed by atoms with Gasteiger partial charge >= 0.3 is 0 Å². The molecule has 1 fully saturated rings. The van der Waals surface area contributed by atoms with Gasteiger partial charge in [0.1, 0.15) is 0 Å². The number of nitrogens with zero attached hydrogens (tertiary/aromatic N) is 2. The van der Waals surface area contributed by atoms with Crippen molar-refractivity contribution in [2.45, 2.75) is 52.3 Å². The summed E-state index contributed by atoms with van der Waals surface area (Å²) < 4.78 is 14.7. The molecule has 5 nitrogen and oxygen atoms in total. The highest BCUT2D eigenvalue weighted by molar-refractivity contribution is 9.10. The van der Waals surface area contributed by atoms with E-state index in [-0.39, 0.29) is 12.1 Å². The van der Waals surface area contributed by atoms with Gasteiger partial charge in [0, 0.05) is 19.0 Å². The van der Waals surface area contributed by atoms with Crippen LogP contribution in [0.25, 0.3) is 0 Å². The fraction of sp³-hybridized carbons (Fsp3) is 0.800. The van der Waals surface area contributed by atoms with Gasteiger partial charge in [-0.05, 0) is 35.8 Å². The molecule has 2 rings (SSSR count). The average molecular weight is 360 g/mol. The summed E-state index contributed by atoms with van der Waals surface area (Å²) in [4.78, 5) is 0. The Hall–Kier alpha value is -0.430. The first-order valence-corrected chi connectivity index (χ1v) is 8.67. The van der Waals surface area contributed by atoms with E-state index < -0.39 is 0 Å². The molecule has 0 saturated carbocycles. The van der Waals surface area contributed by atoms with E-state index in [4.69, 9.17) is 9.47 Å². The lowest BCUT2D eigenvalue weighted by atomic mass is 10.0. The topological polar surface area (TPSA) is 48.3 Å². The van der Waals surface area contributed by atoms with Gasteiger partial charge in [0.15, 0.2) is 0 Å². The average Bonchev–Trinajstić information content (AvgIpc) is 2.83. The Balaban J connectivity index is 2.17. The maximum Gasteiger partial charge on any atom is 0.0965 e. The van der Waals surface area contributed by atoms with E-state index in [1.807, 2.05) is 0 Å². The van der Waals surface area contributed by atoms with Crippen molar-refractivity contribution in [1.29, 1.82) is 0 Å². The summed E-state index contributed by atoms with van der Waals surface area (Å²) in [5, 5.41) is 8.21. The highest BCUT2D eigenvalue weighted by Crippen LogP contribution is 2.24. The van der Waals surface area contributed by atoms with Gasteiger partial charge in [-0.1, -0.05) is 13.8 Å². The third-order valence-corrected chi connectivity index (χ3v) is 4.78. The monoisotopic (exact) mass is 359 g/mol. The Bertz CT molecular complexity index is 444. The van der Waals surface area contributed by atoms with Crippen molar-refractivity contribution >= 4 is 15.9 Å². The standard InChI is InChI=1S/C15H26BrN3O2/c1-4-11-15(16)13(19(6-3)18-11)9-12(17-5-2)14-10-20-7-8-21-14/h12,14,17H,4-10H2,1-3H3. The second-order valence-corrected chi connectivity index (χ2v) is 6.02. The van der Waals surface area contributed by atoms with Crippen molar-refractivity contribution in [1.82, 2.24) is 15.1 Å². The van der Waals surface area contributed by atoms with Crippen LogP contribution in [-0.4, -0.2) is 48.3 Å². The predicted octanol–water partition coefficient (Wildman–Crippen LogP) is 2.16. The molecule has 1 aromatic heterocycles. The quantitative estimate of drug-likeness (QED) is 0.810. The largest absolute Gasteiger partial charge is 0.376 e. The lowest BCUT2D eigenvalue weighted by Gasteiger charge is -2.31. The van der Waals surface area contributed by atoms with E-state index in [2.05, 4.69) is 51.8 Å². The Kier molecular flexibility index (Phi) is 6.67. The van der Waals surface area contributed by atoms with Gasteiger partial charge in [0.05, 0.1) is 41.8 Å². The Morgan fingerprint density at radius 2 is 2.19 bits per heavy atom. The Labute approximate surface area is 135 Å². The van der Waals surface area contributed by atoms with Crippen LogP contribution in [0.15, 0.2) is 4.47 Å². The molecule has 0 spiro atoms. The molecule has 1 saturated heterocycles. The number of aromatic nitrogens is 2. The minimum atomic E-state index is 0.107. The molecule has 0 aromatic carbocycles. The van der Waals surface area contributed by atoms with Crippen molar-refractivity contribution in [3.8, 4) is 0 Å². The van der Waals surface area contributed by atoms with E-state index in [1.54, 1.807) is 0 Å². The molecule has 1 aromatic rings. The van der Waals surface area contributed by atoms with Crippen LogP contribution in [0.3, 0.4) is 0 Å². The van der Waals surface area contributed by atoms with Crippen LogP contribution in [0.4, 0.5) is 0 Å². The van der Waals surface area contributed by atoms with Crippen LogP contribution >= 0.6 is 15.9 Å². The van der Waals surface area contributed by atoms with Gasteiger partial charge in [-0.3, -0.25) is 4.68 Å². The summed E-state index contributed by atoms with van der Waals surface area (Å²) >= 11 is 3.72. The molecule has 0 amide bonds. The number of rotatable bonds is 7. The van der Waals surface area contributed by atoms with E-state index in [1.165, 1.54) is 5.69 Å². The Morgan fingerprint density at radius 3 is 2.76 bits per heavy atom. The highest BCUT2D eigenvalue weighted by Gasteiger charge is 2.27. The summed E-state index contributed by atoms with van der Waals surface area (Å²) in [7, 11) is 0. The Morgan fingerprint density at radius 1 is 1.38 bits per heavy atom. The lowest BCUT2D eigenvalue weighted by molar-refractivity contribution is -0.101. The van der Waals surface area contributed by atoms with Crippen molar-refractivity contribution < 1.29 is 9.47 Å². The molecular formula is C15H26BrN3O2. The summed E-state index contributed by atoms with van der Waals surface area (Å²) in [5.74, 6) is 0. The van der Waals surface area contributed by atoms with Gasteiger partial charge in [-0.15, -0.1) is 0 Å². The zero-order valence-corrected chi connectivity index (χ0v) is 14.8. The third-order valence-electron chi connectivity index (χ3n) is 3.86. The zero-order chi connectivity index (χ0) is 15.2. The maximum absolute atomic E-state index is 5.88. The van der Waals surface area contributed by atoms with Crippen LogP contribution in [0, 0.1) is 0 Å². The van der Waals surface area contributed by atoms with Gasteiger partial charge in [0.2, 0.25) is 0 Å². The van der Waals surface area contributed by atoms with Crippen LogP contribution in [0.2, 0.25) is 0 Å². The van der Waals surface area contributed by atoms with Crippen molar-refractivity contribution in [2.24, 2.45) is 0 Å². The fourth-order valence-corrected chi connectivity index (χ4v) is 3.48. The van der Waals surface area contributed by atoms with Crippen LogP contribution in [0.1, 0.15) is 32.2 Å². The molecule has 2 unspecified atom stereocenters. The fourth-order valence-electron chi connectivity index (χ4n) is 2.76.